The minimum Gasteiger partial charge on any atom is -0.477 e. The van der Waals surface area contributed by atoms with Crippen LogP contribution >= 0.6 is 23.2 Å². The number of hydrogen-bond donors (Lipinski definition) is 1. The van der Waals surface area contributed by atoms with E-state index in [-0.39, 0.29) is 22.0 Å². The molecule has 3 rings (SSSR count). The van der Waals surface area contributed by atoms with Gasteiger partial charge in [0.1, 0.15) is 11.3 Å². The molecule has 1 N–H and O–H groups in total. The number of hydrogen-bond acceptors (Lipinski definition) is 4. The summed E-state index contributed by atoms with van der Waals surface area (Å²) in [4.78, 5) is 25.4. The first-order chi connectivity index (χ1) is 13.8. The van der Waals surface area contributed by atoms with Gasteiger partial charge in [0.15, 0.2) is 0 Å². The lowest BCUT2D eigenvalue weighted by Crippen LogP contribution is -2.28. The van der Waals surface area contributed by atoms with Crippen LogP contribution in [0.5, 0.6) is 5.88 Å². The Kier molecular flexibility index (Phi) is 6.00. The van der Waals surface area contributed by atoms with Crippen LogP contribution in [0.15, 0.2) is 35.3 Å². The smallest absolute Gasteiger partial charge is 0.341 e. The van der Waals surface area contributed by atoms with E-state index in [1.807, 2.05) is 13.8 Å². The average molecular weight is 436 g/mol. The maximum absolute atomic E-state index is 13.3. The summed E-state index contributed by atoms with van der Waals surface area (Å²) in [7, 11) is 0. The highest BCUT2D eigenvalue weighted by Crippen LogP contribution is 2.31. The van der Waals surface area contributed by atoms with E-state index in [0.717, 1.165) is 0 Å². The number of benzene rings is 1. The molecule has 9 heteroatoms. The van der Waals surface area contributed by atoms with Gasteiger partial charge in [-0.2, -0.15) is 0 Å². The third-order valence-corrected chi connectivity index (χ3v) is 5.24. The van der Waals surface area contributed by atoms with Crippen LogP contribution in [0.25, 0.3) is 16.9 Å². The fourth-order valence-corrected chi connectivity index (χ4v) is 3.58. The van der Waals surface area contributed by atoms with Gasteiger partial charge >= 0.3 is 5.97 Å². The first-order valence-corrected chi connectivity index (χ1v) is 9.70. The third kappa shape index (κ3) is 3.75. The summed E-state index contributed by atoms with van der Waals surface area (Å²) in [6.45, 7) is 6.28. The molecule has 2 heterocycles. The Hall–Kier alpha value is -2.77. The predicted molar refractivity (Wildman–Crippen MR) is 112 cm³/mol. The Morgan fingerprint density at radius 2 is 1.93 bits per heavy atom. The van der Waals surface area contributed by atoms with E-state index in [9.17, 15) is 14.7 Å². The molecule has 0 amide bonds. The summed E-state index contributed by atoms with van der Waals surface area (Å²) in [5.41, 5.74) is 0.461. The Labute approximate surface area is 177 Å². The van der Waals surface area contributed by atoms with Gasteiger partial charge in [0.05, 0.1) is 22.3 Å². The van der Waals surface area contributed by atoms with E-state index in [2.05, 4.69) is 5.10 Å². The number of carboxylic acids is 1. The standard InChI is InChI=1S/C20H19Cl2N3O4/c1-4-24-11(3)17(25-9-8-15(23-25)29-5-2)19(26)16(20(27)28)18(24)12-6-7-13(21)14(22)10-12/h6-10H,4-5H2,1-3H3,(H,27,28). The molecule has 0 radical (unpaired) electrons. The van der Waals surface area contributed by atoms with Crippen molar-refractivity contribution in [1.82, 2.24) is 14.3 Å². The highest BCUT2D eigenvalue weighted by Gasteiger charge is 2.26. The Morgan fingerprint density at radius 1 is 1.21 bits per heavy atom. The van der Waals surface area contributed by atoms with Gasteiger partial charge in [-0.15, -0.1) is 5.10 Å². The first kappa shape index (κ1) is 21.0. The summed E-state index contributed by atoms with van der Waals surface area (Å²) in [5.74, 6) is -0.989. The zero-order valence-corrected chi connectivity index (χ0v) is 17.6. The topological polar surface area (TPSA) is 86.4 Å². The maximum Gasteiger partial charge on any atom is 0.341 e. The summed E-state index contributed by atoms with van der Waals surface area (Å²) in [6, 6.07) is 6.38. The van der Waals surface area contributed by atoms with E-state index in [1.165, 1.54) is 4.68 Å². The van der Waals surface area contributed by atoms with E-state index in [1.54, 1.807) is 42.0 Å². The van der Waals surface area contributed by atoms with Crippen LogP contribution in [0.2, 0.25) is 10.0 Å². The molecule has 0 saturated heterocycles. The number of rotatable bonds is 6. The normalized spacial score (nSPS) is 10.9. The molecule has 0 unspecified atom stereocenters. The second-order valence-corrected chi connectivity index (χ2v) is 7.01. The Morgan fingerprint density at radius 3 is 2.52 bits per heavy atom. The van der Waals surface area contributed by atoms with Gasteiger partial charge in [0.2, 0.25) is 11.3 Å². The van der Waals surface area contributed by atoms with E-state index >= 15 is 0 Å². The minimum atomic E-state index is -1.34. The van der Waals surface area contributed by atoms with Crippen molar-refractivity contribution in [3.05, 3.63) is 62.0 Å². The van der Waals surface area contributed by atoms with Gasteiger partial charge in [0.25, 0.3) is 0 Å². The van der Waals surface area contributed by atoms with E-state index in [4.69, 9.17) is 27.9 Å². The lowest BCUT2D eigenvalue weighted by molar-refractivity contribution is 0.0695. The fourth-order valence-electron chi connectivity index (χ4n) is 3.28. The number of halogens is 2. The van der Waals surface area contributed by atoms with Crippen LogP contribution in [0.3, 0.4) is 0 Å². The van der Waals surface area contributed by atoms with Crippen molar-refractivity contribution in [1.29, 1.82) is 0 Å². The van der Waals surface area contributed by atoms with Crippen molar-refractivity contribution in [3.63, 3.8) is 0 Å². The molecule has 3 aromatic rings. The molecule has 7 nitrogen and oxygen atoms in total. The molecule has 29 heavy (non-hydrogen) atoms. The quantitative estimate of drug-likeness (QED) is 0.618. The fraction of sp³-hybridized carbons (Fsp3) is 0.250. The van der Waals surface area contributed by atoms with Gasteiger partial charge in [-0.1, -0.05) is 29.3 Å². The molecule has 2 aromatic heterocycles. The molecule has 0 aliphatic rings. The average Bonchev–Trinajstić information content (AvgIpc) is 3.11. The van der Waals surface area contributed by atoms with Crippen molar-refractivity contribution in [2.75, 3.05) is 6.61 Å². The summed E-state index contributed by atoms with van der Waals surface area (Å²) < 4.78 is 8.45. The lowest BCUT2D eigenvalue weighted by atomic mass is 10.0. The van der Waals surface area contributed by atoms with Gasteiger partial charge in [-0.3, -0.25) is 4.79 Å². The number of carboxylic acid groups (broad SMARTS) is 1. The molecular weight excluding hydrogens is 417 g/mol. The number of aromatic nitrogens is 3. The van der Waals surface area contributed by atoms with Gasteiger partial charge in [0, 0.05) is 30.1 Å². The third-order valence-electron chi connectivity index (χ3n) is 4.51. The Bertz CT molecular complexity index is 1150. The second-order valence-electron chi connectivity index (χ2n) is 6.20. The molecule has 0 aliphatic heterocycles. The molecule has 0 atom stereocenters. The molecule has 0 fully saturated rings. The molecule has 0 saturated carbocycles. The van der Waals surface area contributed by atoms with Crippen molar-refractivity contribution in [3.8, 4) is 22.8 Å². The van der Waals surface area contributed by atoms with Crippen molar-refractivity contribution in [2.45, 2.75) is 27.3 Å². The number of pyridine rings is 1. The lowest BCUT2D eigenvalue weighted by Gasteiger charge is -2.21. The monoisotopic (exact) mass is 435 g/mol. The number of ether oxygens (including phenoxy) is 1. The summed E-state index contributed by atoms with van der Waals surface area (Å²) >= 11 is 12.1. The second kappa shape index (κ2) is 8.31. The minimum absolute atomic E-state index is 0.152. The largest absolute Gasteiger partial charge is 0.477 e. The number of nitrogens with zero attached hydrogens (tertiary/aromatic N) is 3. The summed E-state index contributed by atoms with van der Waals surface area (Å²) in [6.07, 6.45) is 1.57. The molecule has 0 aliphatic carbocycles. The molecule has 0 spiro atoms. The van der Waals surface area contributed by atoms with Crippen LogP contribution < -0.4 is 10.2 Å². The molecular formula is C20H19Cl2N3O4. The number of aromatic carboxylic acids is 1. The zero-order valence-electron chi connectivity index (χ0n) is 16.1. The van der Waals surface area contributed by atoms with E-state index in [0.29, 0.717) is 35.3 Å². The predicted octanol–water partition coefficient (Wildman–Crippen LogP) is 4.43. The van der Waals surface area contributed by atoms with Crippen molar-refractivity contribution >= 4 is 29.2 Å². The highest BCUT2D eigenvalue weighted by atomic mass is 35.5. The van der Waals surface area contributed by atoms with Crippen LogP contribution in [0.4, 0.5) is 0 Å². The van der Waals surface area contributed by atoms with Crippen LogP contribution in [-0.4, -0.2) is 32.0 Å². The first-order valence-electron chi connectivity index (χ1n) is 8.95. The van der Waals surface area contributed by atoms with Crippen molar-refractivity contribution < 1.29 is 14.6 Å². The van der Waals surface area contributed by atoms with Crippen LogP contribution in [0.1, 0.15) is 29.9 Å². The van der Waals surface area contributed by atoms with Crippen LogP contribution in [0, 0.1) is 6.92 Å². The van der Waals surface area contributed by atoms with Gasteiger partial charge in [-0.25, -0.2) is 9.48 Å². The van der Waals surface area contributed by atoms with E-state index < -0.39 is 11.4 Å². The van der Waals surface area contributed by atoms with Gasteiger partial charge in [-0.05, 0) is 32.9 Å². The SMILES string of the molecule is CCOc1ccn(-c2c(C)n(CC)c(-c3ccc(Cl)c(Cl)c3)c(C(=O)O)c2=O)n1. The van der Waals surface area contributed by atoms with Crippen molar-refractivity contribution in [2.24, 2.45) is 0 Å². The summed E-state index contributed by atoms with van der Waals surface area (Å²) in [5, 5.41) is 14.7. The molecule has 0 bridgehead atoms. The molecule has 152 valence electrons. The van der Waals surface area contributed by atoms with Crippen LogP contribution in [-0.2, 0) is 6.54 Å². The Balaban J connectivity index is 2.37. The van der Waals surface area contributed by atoms with Gasteiger partial charge < -0.3 is 14.4 Å². The highest BCUT2D eigenvalue weighted by molar-refractivity contribution is 6.42. The molecule has 1 aromatic carbocycles. The zero-order chi connectivity index (χ0) is 21.3. The number of carbonyl (C=O) groups is 1. The maximum atomic E-state index is 13.3.